The van der Waals surface area contributed by atoms with Crippen LogP contribution in [0.3, 0.4) is 0 Å². The summed E-state index contributed by atoms with van der Waals surface area (Å²) in [4.78, 5) is 13.1. The molecule has 1 aromatic carbocycles. The van der Waals surface area contributed by atoms with Gasteiger partial charge in [0, 0.05) is 42.3 Å². The molecule has 0 fully saturated rings. The highest BCUT2D eigenvalue weighted by molar-refractivity contribution is 5.91. The third kappa shape index (κ3) is 3.53. The average Bonchev–Trinajstić information content (AvgIpc) is 3.29. The van der Waals surface area contributed by atoms with Crippen molar-refractivity contribution in [3.63, 3.8) is 0 Å². The molecule has 0 spiro atoms. The summed E-state index contributed by atoms with van der Waals surface area (Å²) in [6.07, 6.45) is 0.271. The van der Waals surface area contributed by atoms with Crippen molar-refractivity contribution in [2.45, 2.75) is 26.3 Å². The molecule has 11 heteroatoms. The fraction of sp³-hybridized carbons (Fsp3) is 0.263. The number of rotatable bonds is 4. The molecule has 8 nitrogen and oxygen atoms in total. The average molecular weight is 418 g/mol. The lowest BCUT2D eigenvalue weighted by Gasteiger charge is -2.13. The number of pyridine rings is 1. The van der Waals surface area contributed by atoms with E-state index in [4.69, 9.17) is 0 Å². The van der Waals surface area contributed by atoms with Gasteiger partial charge in [-0.05, 0) is 38.1 Å². The summed E-state index contributed by atoms with van der Waals surface area (Å²) in [6, 6.07) is 4.99. The van der Waals surface area contributed by atoms with Crippen molar-refractivity contribution in [2.24, 2.45) is 7.05 Å². The van der Waals surface area contributed by atoms with Gasteiger partial charge in [0.05, 0.1) is 6.20 Å². The lowest BCUT2D eigenvalue weighted by Crippen LogP contribution is -2.20. The molecule has 156 valence electrons. The SMILES string of the molecule is CC(C)n1nnc2c(=O)n(-c3ccc(OC(F)(F)F)cc3)cc(-c3cnn(C)c3)c21. The van der Waals surface area contributed by atoms with Crippen LogP contribution in [0.4, 0.5) is 13.2 Å². The topological polar surface area (TPSA) is 79.8 Å². The van der Waals surface area contributed by atoms with Crippen LogP contribution in [-0.2, 0) is 7.05 Å². The van der Waals surface area contributed by atoms with Crippen LogP contribution in [0.2, 0.25) is 0 Å². The van der Waals surface area contributed by atoms with E-state index in [-0.39, 0.29) is 17.3 Å². The Morgan fingerprint density at radius 2 is 1.80 bits per heavy atom. The zero-order valence-electron chi connectivity index (χ0n) is 16.3. The molecule has 0 N–H and O–H groups in total. The minimum atomic E-state index is -4.79. The van der Waals surface area contributed by atoms with Gasteiger partial charge >= 0.3 is 6.36 Å². The van der Waals surface area contributed by atoms with E-state index in [9.17, 15) is 18.0 Å². The van der Waals surface area contributed by atoms with Crippen LogP contribution >= 0.6 is 0 Å². The Labute approximate surface area is 168 Å². The number of halogens is 3. The fourth-order valence-corrected chi connectivity index (χ4v) is 3.18. The smallest absolute Gasteiger partial charge is 0.406 e. The Morgan fingerprint density at radius 3 is 2.37 bits per heavy atom. The highest BCUT2D eigenvalue weighted by Gasteiger charge is 2.31. The van der Waals surface area contributed by atoms with Crippen LogP contribution in [-0.4, -0.2) is 35.7 Å². The standard InChI is InChI=1S/C19H17F3N6O2/c1-11(2)28-17-15(12-8-23-26(3)9-12)10-27(18(29)16(17)24-25-28)13-4-6-14(7-5-13)30-19(20,21)22/h4-11H,1-3H3. The van der Waals surface area contributed by atoms with Gasteiger partial charge in [0.15, 0.2) is 5.52 Å². The minimum absolute atomic E-state index is 0.0422. The molecule has 0 unspecified atom stereocenters. The fourth-order valence-electron chi connectivity index (χ4n) is 3.18. The maximum Gasteiger partial charge on any atom is 0.573 e. The number of aromatic nitrogens is 6. The first-order valence-electron chi connectivity index (χ1n) is 9.00. The largest absolute Gasteiger partial charge is 0.573 e. The number of hydrogen-bond acceptors (Lipinski definition) is 5. The molecule has 0 saturated heterocycles. The number of hydrogen-bond donors (Lipinski definition) is 0. The second-order valence-corrected chi connectivity index (χ2v) is 6.99. The Kier molecular flexibility index (Phi) is 4.60. The van der Waals surface area contributed by atoms with Gasteiger partial charge in [0.2, 0.25) is 0 Å². The zero-order valence-corrected chi connectivity index (χ0v) is 16.3. The number of alkyl halides is 3. The predicted octanol–water partition coefficient (Wildman–Crippen LogP) is 3.46. The number of nitrogens with zero attached hydrogens (tertiary/aromatic N) is 6. The summed E-state index contributed by atoms with van der Waals surface area (Å²) in [6.45, 7) is 3.85. The molecule has 0 aliphatic carbocycles. The van der Waals surface area contributed by atoms with Crippen LogP contribution in [0, 0.1) is 0 Å². The third-order valence-electron chi connectivity index (χ3n) is 4.48. The molecule has 0 aliphatic rings. The number of aryl methyl sites for hydroxylation is 1. The lowest BCUT2D eigenvalue weighted by atomic mass is 10.1. The van der Waals surface area contributed by atoms with Crippen LogP contribution in [0.15, 0.2) is 47.7 Å². The molecule has 0 aliphatic heterocycles. The number of benzene rings is 1. The first-order chi connectivity index (χ1) is 14.1. The van der Waals surface area contributed by atoms with Gasteiger partial charge in [-0.2, -0.15) is 5.10 Å². The Hall–Kier alpha value is -3.63. The minimum Gasteiger partial charge on any atom is -0.406 e. The van der Waals surface area contributed by atoms with Gasteiger partial charge in [-0.15, -0.1) is 18.3 Å². The third-order valence-corrected chi connectivity index (χ3v) is 4.48. The summed E-state index contributed by atoms with van der Waals surface area (Å²) < 4.78 is 45.7. The first kappa shape index (κ1) is 19.7. The number of fused-ring (bicyclic) bond motifs is 1. The quantitative estimate of drug-likeness (QED) is 0.507. The molecule has 0 radical (unpaired) electrons. The molecular formula is C19H17F3N6O2. The second kappa shape index (κ2) is 7.01. The van der Waals surface area contributed by atoms with E-state index in [1.165, 1.54) is 16.7 Å². The van der Waals surface area contributed by atoms with Crippen molar-refractivity contribution < 1.29 is 17.9 Å². The molecular weight excluding hydrogens is 401 g/mol. The highest BCUT2D eigenvalue weighted by atomic mass is 19.4. The van der Waals surface area contributed by atoms with E-state index in [0.29, 0.717) is 16.8 Å². The molecule has 0 amide bonds. The molecule has 0 saturated carbocycles. The van der Waals surface area contributed by atoms with Crippen molar-refractivity contribution in [3.05, 3.63) is 53.2 Å². The van der Waals surface area contributed by atoms with Gasteiger partial charge in [-0.3, -0.25) is 14.0 Å². The van der Waals surface area contributed by atoms with Crippen molar-refractivity contribution in [1.82, 2.24) is 29.3 Å². The van der Waals surface area contributed by atoms with E-state index >= 15 is 0 Å². The molecule has 30 heavy (non-hydrogen) atoms. The van der Waals surface area contributed by atoms with Crippen molar-refractivity contribution >= 4 is 11.0 Å². The first-order valence-corrected chi connectivity index (χ1v) is 9.00. The van der Waals surface area contributed by atoms with E-state index in [1.807, 2.05) is 13.8 Å². The highest BCUT2D eigenvalue weighted by Crippen LogP contribution is 2.29. The maximum atomic E-state index is 13.1. The maximum absolute atomic E-state index is 13.1. The van der Waals surface area contributed by atoms with Gasteiger partial charge < -0.3 is 4.74 Å². The second-order valence-electron chi connectivity index (χ2n) is 6.99. The lowest BCUT2D eigenvalue weighted by molar-refractivity contribution is -0.274. The van der Waals surface area contributed by atoms with Gasteiger partial charge in [-0.1, -0.05) is 5.21 Å². The van der Waals surface area contributed by atoms with E-state index < -0.39 is 11.9 Å². The van der Waals surface area contributed by atoms with E-state index in [2.05, 4.69) is 20.1 Å². The zero-order chi connectivity index (χ0) is 21.6. The van der Waals surface area contributed by atoms with E-state index in [0.717, 1.165) is 17.7 Å². The molecule has 3 aromatic heterocycles. The Bertz CT molecular complexity index is 1270. The summed E-state index contributed by atoms with van der Waals surface area (Å²) in [5.74, 6) is -0.376. The van der Waals surface area contributed by atoms with E-state index in [1.54, 1.807) is 35.0 Å². The normalized spacial score (nSPS) is 12.1. The molecule has 4 rings (SSSR count). The summed E-state index contributed by atoms with van der Waals surface area (Å²) >= 11 is 0. The summed E-state index contributed by atoms with van der Waals surface area (Å²) in [5.41, 5.74) is 2.07. The van der Waals surface area contributed by atoms with Crippen LogP contribution in [0.1, 0.15) is 19.9 Å². The Balaban J connectivity index is 1.91. The predicted molar refractivity (Wildman–Crippen MR) is 102 cm³/mol. The Morgan fingerprint density at radius 1 is 1.10 bits per heavy atom. The monoisotopic (exact) mass is 418 g/mol. The molecule has 4 aromatic rings. The van der Waals surface area contributed by atoms with Crippen molar-refractivity contribution in [1.29, 1.82) is 0 Å². The van der Waals surface area contributed by atoms with Crippen LogP contribution in [0.5, 0.6) is 5.75 Å². The van der Waals surface area contributed by atoms with Gasteiger partial charge in [0.25, 0.3) is 5.56 Å². The van der Waals surface area contributed by atoms with Crippen LogP contribution in [0.25, 0.3) is 27.8 Å². The summed E-state index contributed by atoms with van der Waals surface area (Å²) in [5, 5.41) is 12.4. The molecule has 3 heterocycles. The molecule has 0 atom stereocenters. The number of ether oxygens (including phenoxy) is 1. The van der Waals surface area contributed by atoms with Gasteiger partial charge in [-0.25, -0.2) is 4.68 Å². The molecule has 0 bridgehead atoms. The summed E-state index contributed by atoms with van der Waals surface area (Å²) in [7, 11) is 1.77. The van der Waals surface area contributed by atoms with Crippen LogP contribution < -0.4 is 10.3 Å². The van der Waals surface area contributed by atoms with Crippen molar-refractivity contribution in [2.75, 3.05) is 0 Å². The van der Waals surface area contributed by atoms with Crippen molar-refractivity contribution in [3.8, 4) is 22.6 Å². The van der Waals surface area contributed by atoms with Gasteiger partial charge in [0.1, 0.15) is 11.3 Å².